The first-order valence-corrected chi connectivity index (χ1v) is 5.42. The van der Waals surface area contributed by atoms with Gasteiger partial charge in [0.25, 0.3) is 0 Å². The lowest BCUT2D eigenvalue weighted by molar-refractivity contribution is 0.162. The molecule has 1 aliphatic heterocycles. The van der Waals surface area contributed by atoms with E-state index in [2.05, 4.69) is 20.5 Å². The molecule has 2 fully saturated rings. The Labute approximate surface area is 91.7 Å². The second-order valence-corrected chi connectivity index (χ2v) is 4.37. The fraction of sp³-hybridized carbons (Fsp3) is 0.500. The van der Waals surface area contributed by atoms with Gasteiger partial charge in [-0.05, 0) is 0 Å². The molecule has 16 heavy (non-hydrogen) atoms. The van der Waals surface area contributed by atoms with E-state index in [1.165, 1.54) is 0 Å². The van der Waals surface area contributed by atoms with Crippen LogP contribution in [0.1, 0.15) is 0 Å². The lowest BCUT2D eigenvalue weighted by Gasteiger charge is -2.07. The smallest absolute Gasteiger partial charge is 0.203 e. The van der Waals surface area contributed by atoms with E-state index in [1.807, 2.05) is 10.6 Å². The van der Waals surface area contributed by atoms with Gasteiger partial charge in [-0.25, -0.2) is 4.98 Å². The summed E-state index contributed by atoms with van der Waals surface area (Å²) in [6.45, 7) is 1.75. The minimum Gasteiger partial charge on any atom is -0.381 e. The Morgan fingerprint density at radius 3 is 3.12 bits per heavy atom. The van der Waals surface area contributed by atoms with Crippen LogP contribution in [0.25, 0.3) is 5.65 Å². The van der Waals surface area contributed by atoms with E-state index in [0.29, 0.717) is 17.9 Å². The van der Waals surface area contributed by atoms with Crippen molar-refractivity contribution >= 4 is 11.5 Å². The van der Waals surface area contributed by atoms with Gasteiger partial charge in [0.2, 0.25) is 5.65 Å². The summed E-state index contributed by atoms with van der Waals surface area (Å²) in [7, 11) is 0. The summed E-state index contributed by atoms with van der Waals surface area (Å²) in [6.07, 6.45) is 5.28. The second kappa shape index (κ2) is 2.91. The first-order chi connectivity index (χ1) is 7.93. The van der Waals surface area contributed by atoms with Crippen molar-refractivity contribution in [3.63, 3.8) is 0 Å². The van der Waals surface area contributed by atoms with Crippen LogP contribution in [0.15, 0.2) is 18.7 Å². The molecule has 0 spiro atoms. The number of rotatable bonds is 2. The normalized spacial score (nSPS) is 31.6. The number of hydrogen-bond acceptors (Lipinski definition) is 5. The third-order valence-electron chi connectivity index (χ3n) is 3.47. The van der Waals surface area contributed by atoms with Gasteiger partial charge >= 0.3 is 0 Å². The van der Waals surface area contributed by atoms with Crippen molar-refractivity contribution in [2.24, 2.45) is 11.8 Å². The molecule has 1 saturated carbocycles. The Morgan fingerprint density at radius 2 is 2.25 bits per heavy atom. The topological polar surface area (TPSA) is 64.3 Å². The highest BCUT2D eigenvalue weighted by atomic mass is 16.5. The highest BCUT2D eigenvalue weighted by molar-refractivity contribution is 5.62. The van der Waals surface area contributed by atoms with E-state index in [1.54, 1.807) is 12.5 Å². The molecular formula is C10H11N5O. The Bertz CT molecular complexity index is 529. The zero-order valence-corrected chi connectivity index (χ0v) is 8.58. The fourth-order valence-corrected chi connectivity index (χ4v) is 2.47. The van der Waals surface area contributed by atoms with Gasteiger partial charge in [-0.15, -0.1) is 10.2 Å². The monoisotopic (exact) mass is 217 g/mol. The SMILES string of the molecule is c1cn2cnnc2c(NC2[C@H]3COC[C@@H]23)n1. The Morgan fingerprint density at radius 1 is 1.38 bits per heavy atom. The van der Waals surface area contributed by atoms with Crippen LogP contribution in [0.4, 0.5) is 5.82 Å². The van der Waals surface area contributed by atoms with Crippen LogP contribution in [-0.2, 0) is 4.74 Å². The van der Waals surface area contributed by atoms with Gasteiger partial charge in [-0.3, -0.25) is 4.40 Å². The molecule has 6 nitrogen and oxygen atoms in total. The third kappa shape index (κ3) is 1.07. The second-order valence-electron chi connectivity index (χ2n) is 4.37. The van der Waals surface area contributed by atoms with Crippen molar-refractivity contribution in [3.05, 3.63) is 18.7 Å². The van der Waals surface area contributed by atoms with Gasteiger partial charge in [-0.1, -0.05) is 0 Å². The maximum atomic E-state index is 5.35. The Kier molecular flexibility index (Phi) is 1.54. The van der Waals surface area contributed by atoms with Gasteiger partial charge in [-0.2, -0.15) is 0 Å². The fourth-order valence-electron chi connectivity index (χ4n) is 2.47. The predicted molar refractivity (Wildman–Crippen MR) is 56.0 cm³/mol. The molecule has 0 aromatic carbocycles. The van der Waals surface area contributed by atoms with E-state index < -0.39 is 0 Å². The summed E-state index contributed by atoms with van der Waals surface area (Å²) in [6, 6.07) is 0.504. The van der Waals surface area contributed by atoms with Crippen LogP contribution < -0.4 is 5.32 Å². The number of nitrogens with zero attached hydrogens (tertiary/aromatic N) is 4. The molecule has 3 atom stereocenters. The summed E-state index contributed by atoms with van der Waals surface area (Å²) in [5.41, 5.74) is 0.786. The molecule has 1 unspecified atom stereocenters. The molecule has 0 radical (unpaired) electrons. The van der Waals surface area contributed by atoms with Gasteiger partial charge in [0.1, 0.15) is 6.33 Å². The lowest BCUT2D eigenvalue weighted by Crippen LogP contribution is -2.14. The minimum atomic E-state index is 0.504. The largest absolute Gasteiger partial charge is 0.381 e. The van der Waals surface area contributed by atoms with E-state index in [9.17, 15) is 0 Å². The molecule has 1 saturated heterocycles. The Hall–Kier alpha value is -1.69. The number of nitrogens with one attached hydrogen (secondary N) is 1. The zero-order chi connectivity index (χ0) is 10.5. The lowest BCUT2D eigenvalue weighted by atomic mass is 10.4. The van der Waals surface area contributed by atoms with Gasteiger partial charge in [0.15, 0.2) is 5.82 Å². The standard InChI is InChI=1S/C10H11N5O/c1-2-15-5-12-14-10(15)9(11-1)13-8-6-3-16-4-7(6)8/h1-2,5-8H,3-4H2,(H,11,13)/t6-,7+,8?. The maximum absolute atomic E-state index is 5.35. The summed E-state index contributed by atoms with van der Waals surface area (Å²) in [5, 5.41) is 11.4. The van der Waals surface area contributed by atoms with Crippen LogP contribution in [0.2, 0.25) is 0 Å². The van der Waals surface area contributed by atoms with Crippen molar-refractivity contribution in [1.29, 1.82) is 0 Å². The highest BCUT2D eigenvalue weighted by Crippen LogP contribution is 2.45. The van der Waals surface area contributed by atoms with Gasteiger partial charge < -0.3 is 10.1 Å². The first kappa shape index (κ1) is 8.46. The molecule has 2 aliphatic rings. The number of fused-ring (bicyclic) bond motifs is 2. The molecule has 3 heterocycles. The van der Waals surface area contributed by atoms with Gasteiger partial charge in [0, 0.05) is 30.3 Å². The van der Waals surface area contributed by atoms with Crippen LogP contribution in [0.5, 0.6) is 0 Å². The summed E-state index contributed by atoms with van der Waals surface area (Å²) >= 11 is 0. The Balaban J connectivity index is 1.65. The highest BCUT2D eigenvalue weighted by Gasteiger charge is 2.54. The van der Waals surface area contributed by atoms with E-state index in [0.717, 1.165) is 24.7 Å². The van der Waals surface area contributed by atoms with Gasteiger partial charge in [0.05, 0.1) is 13.2 Å². The van der Waals surface area contributed by atoms with Crippen molar-refractivity contribution in [3.8, 4) is 0 Å². The van der Waals surface area contributed by atoms with E-state index in [-0.39, 0.29) is 0 Å². The van der Waals surface area contributed by atoms with Crippen LogP contribution in [-0.4, -0.2) is 38.8 Å². The minimum absolute atomic E-state index is 0.504. The summed E-state index contributed by atoms with van der Waals surface area (Å²) in [5.74, 6) is 2.13. The summed E-state index contributed by atoms with van der Waals surface area (Å²) < 4.78 is 7.22. The zero-order valence-electron chi connectivity index (χ0n) is 8.58. The molecule has 6 heteroatoms. The molecule has 0 bridgehead atoms. The molecular weight excluding hydrogens is 206 g/mol. The van der Waals surface area contributed by atoms with Crippen LogP contribution in [0.3, 0.4) is 0 Å². The molecule has 2 aromatic heterocycles. The number of anilines is 1. The molecule has 0 amide bonds. The average Bonchev–Trinajstić information content (AvgIpc) is 2.80. The maximum Gasteiger partial charge on any atom is 0.203 e. The molecule has 1 N–H and O–H groups in total. The molecule has 82 valence electrons. The predicted octanol–water partition coefficient (Wildman–Crippen LogP) is 0.181. The average molecular weight is 217 g/mol. The molecule has 4 rings (SSSR count). The number of aromatic nitrogens is 4. The molecule has 1 aliphatic carbocycles. The molecule has 2 aromatic rings. The third-order valence-corrected chi connectivity index (χ3v) is 3.47. The van der Waals surface area contributed by atoms with Crippen LogP contribution >= 0.6 is 0 Å². The number of ether oxygens (including phenoxy) is 1. The number of hydrogen-bond donors (Lipinski definition) is 1. The summed E-state index contributed by atoms with van der Waals surface area (Å²) in [4.78, 5) is 4.31. The van der Waals surface area contributed by atoms with Crippen molar-refractivity contribution in [2.45, 2.75) is 6.04 Å². The van der Waals surface area contributed by atoms with Crippen molar-refractivity contribution < 1.29 is 4.74 Å². The first-order valence-electron chi connectivity index (χ1n) is 5.42. The van der Waals surface area contributed by atoms with E-state index in [4.69, 9.17) is 4.74 Å². The van der Waals surface area contributed by atoms with Crippen molar-refractivity contribution in [1.82, 2.24) is 19.6 Å². The van der Waals surface area contributed by atoms with Crippen molar-refractivity contribution in [2.75, 3.05) is 18.5 Å². The van der Waals surface area contributed by atoms with Crippen LogP contribution in [0, 0.1) is 11.8 Å². The quantitative estimate of drug-likeness (QED) is 0.777. The van der Waals surface area contributed by atoms with E-state index >= 15 is 0 Å².